The Morgan fingerprint density at radius 2 is 0.870 bits per heavy atom. The van der Waals surface area contributed by atoms with Crippen molar-refractivity contribution in [3.05, 3.63) is 101 Å². The normalized spacial score (nSPS) is 11.0. The van der Waals surface area contributed by atoms with Crippen molar-refractivity contribution in [1.82, 2.24) is 0 Å². The minimum atomic E-state index is -2.98. The van der Waals surface area contributed by atoms with Crippen LogP contribution in [0.1, 0.15) is 13.8 Å². The Morgan fingerprint density at radius 1 is 0.565 bits per heavy atom. The maximum atomic E-state index is 2.58. The zero-order chi connectivity index (χ0) is 16.1. The standard InChI is InChI=1S/3C6H5.C4H7.Sb/c3*1-2-4-6-5-3-1;1-4(2)3;/h3*1-5H;1H,2-3H3;/q;;;;+1. The van der Waals surface area contributed by atoms with Gasteiger partial charge >= 0.3 is 144 Å². The fraction of sp³-hybridized carbons (Fsp3) is 0.0909. The van der Waals surface area contributed by atoms with Crippen molar-refractivity contribution in [3.8, 4) is 0 Å². The summed E-state index contributed by atoms with van der Waals surface area (Å²) >= 11 is -2.98. The summed E-state index contributed by atoms with van der Waals surface area (Å²) in [5.41, 5.74) is 1.40. The number of rotatable bonds is 4. The first-order valence-electron chi connectivity index (χ1n) is 7.95. The topological polar surface area (TPSA) is 0 Å². The van der Waals surface area contributed by atoms with Crippen molar-refractivity contribution in [2.75, 3.05) is 0 Å². The molecule has 0 radical (unpaired) electrons. The van der Waals surface area contributed by atoms with E-state index in [9.17, 15) is 0 Å². The van der Waals surface area contributed by atoms with E-state index in [-0.39, 0.29) is 0 Å². The predicted molar refractivity (Wildman–Crippen MR) is 103 cm³/mol. The van der Waals surface area contributed by atoms with Crippen LogP contribution in [-0.4, -0.2) is 18.8 Å². The Balaban J connectivity index is 2.38. The molecule has 0 spiro atoms. The quantitative estimate of drug-likeness (QED) is 0.579. The second-order valence-electron chi connectivity index (χ2n) is 5.94. The zero-order valence-electron chi connectivity index (χ0n) is 13.7. The van der Waals surface area contributed by atoms with E-state index in [1.165, 1.54) is 16.1 Å². The molecular formula is C22H22Sb+. The van der Waals surface area contributed by atoms with Crippen molar-refractivity contribution in [1.29, 1.82) is 0 Å². The van der Waals surface area contributed by atoms with Gasteiger partial charge in [0.1, 0.15) is 0 Å². The monoisotopic (exact) mass is 407 g/mol. The third kappa shape index (κ3) is 3.28. The van der Waals surface area contributed by atoms with E-state index < -0.39 is 18.8 Å². The average Bonchev–Trinajstić information content (AvgIpc) is 2.62. The first-order valence-corrected chi connectivity index (χ1v) is 13.3. The summed E-state index contributed by atoms with van der Waals surface area (Å²) in [5.74, 6) is 0. The molecule has 0 heterocycles. The van der Waals surface area contributed by atoms with Crippen LogP contribution in [0.2, 0.25) is 0 Å². The van der Waals surface area contributed by atoms with E-state index in [2.05, 4.69) is 109 Å². The molecule has 114 valence electrons. The van der Waals surface area contributed by atoms with Gasteiger partial charge in [-0.3, -0.25) is 0 Å². The SMILES string of the molecule is CC(C)=[CH][Sb+]([c]1ccccc1)([c]1ccccc1)[c]1ccccc1. The zero-order valence-corrected chi connectivity index (χ0v) is 16.2. The van der Waals surface area contributed by atoms with E-state index in [0.717, 1.165) is 0 Å². The van der Waals surface area contributed by atoms with E-state index in [0.29, 0.717) is 0 Å². The van der Waals surface area contributed by atoms with E-state index in [4.69, 9.17) is 0 Å². The van der Waals surface area contributed by atoms with Crippen LogP contribution >= 0.6 is 0 Å². The van der Waals surface area contributed by atoms with Crippen molar-refractivity contribution < 1.29 is 0 Å². The van der Waals surface area contributed by atoms with Gasteiger partial charge in [0.05, 0.1) is 0 Å². The molecule has 0 N–H and O–H groups in total. The van der Waals surface area contributed by atoms with Crippen LogP contribution in [0.3, 0.4) is 0 Å². The predicted octanol–water partition coefficient (Wildman–Crippen LogP) is 3.66. The number of allylic oxidation sites excluding steroid dienone is 1. The molecule has 0 aliphatic rings. The Kier molecular flexibility index (Phi) is 5.03. The van der Waals surface area contributed by atoms with Gasteiger partial charge in [0.15, 0.2) is 0 Å². The molecule has 0 atom stereocenters. The van der Waals surface area contributed by atoms with Crippen LogP contribution in [0.15, 0.2) is 101 Å². The van der Waals surface area contributed by atoms with Crippen LogP contribution < -0.4 is 10.5 Å². The van der Waals surface area contributed by atoms with Crippen LogP contribution in [0, 0.1) is 0 Å². The molecule has 0 aromatic heterocycles. The summed E-state index contributed by atoms with van der Waals surface area (Å²) < 4.78 is 7.05. The number of hydrogen-bond donors (Lipinski definition) is 0. The second-order valence-corrected chi connectivity index (χ2v) is 15.2. The van der Waals surface area contributed by atoms with Gasteiger partial charge in [0.25, 0.3) is 0 Å². The van der Waals surface area contributed by atoms with Crippen LogP contribution in [-0.2, 0) is 0 Å². The van der Waals surface area contributed by atoms with Gasteiger partial charge in [-0.1, -0.05) is 0 Å². The Labute approximate surface area is 143 Å². The Morgan fingerprint density at radius 3 is 1.13 bits per heavy atom. The average molecular weight is 408 g/mol. The first-order chi connectivity index (χ1) is 11.2. The van der Waals surface area contributed by atoms with Crippen molar-refractivity contribution in [2.24, 2.45) is 0 Å². The summed E-state index contributed by atoms with van der Waals surface area (Å²) in [7, 11) is 0. The number of hydrogen-bond acceptors (Lipinski definition) is 0. The molecule has 0 saturated heterocycles. The summed E-state index contributed by atoms with van der Waals surface area (Å²) in [5, 5.41) is 0. The first kappa shape index (κ1) is 16.1. The third-order valence-electron chi connectivity index (χ3n) is 3.94. The molecule has 0 fully saturated rings. The summed E-state index contributed by atoms with van der Waals surface area (Å²) in [4.78, 5) is 0. The Hall–Kier alpha value is -1.78. The fourth-order valence-corrected chi connectivity index (χ4v) is 14.6. The molecule has 0 unspecified atom stereocenters. The fourth-order valence-electron chi connectivity index (χ4n) is 3.05. The molecule has 3 aromatic carbocycles. The molecule has 0 nitrogen and oxygen atoms in total. The van der Waals surface area contributed by atoms with Gasteiger partial charge in [0, 0.05) is 0 Å². The molecule has 3 rings (SSSR count). The maximum absolute atomic E-state index is 2.98. The molecule has 0 saturated carbocycles. The summed E-state index contributed by atoms with van der Waals surface area (Å²) in [6.45, 7) is 4.44. The van der Waals surface area contributed by atoms with E-state index >= 15 is 0 Å². The van der Waals surface area contributed by atoms with E-state index in [1.54, 1.807) is 0 Å². The Bertz CT molecular complexity index is 673. The van der Waals surface area contributed by atoms with Gasteiger partial charge in [-0.15, -0.1) is 0 Å². The molecule has 0 amide bonds. The van der Waals surface area contributed by atoms with Crippen molar-refractivity contribution in [2.45, 2.75) is 13.8 Å². The van der Waals surface area contributed by atoms with Crippen LogP contribution in [0.25, 0.3) is 0 Å². The molecule has 3 aromatic rings. The van der Waals surface area contributed by atoms with Gasteiger partial charge < -0.3 is 0 Å². The minimum absolute atomic E-state index is 1.40. The summed E-state index contributed by atoms with van der Waals surface area (Å²) in [6.07, 6.45) is 0. The van der Waals surface area contributed by atoms with Gasteiger partial charge in [0.2, 0.25) is 0 Å². The molecule has 0 aliphatic heterocycles. The third-order valence-corrected chi connectivity index (χ3v) is 16.0. The second kappa shape index (κ2) is 7.19. The van der Waals surface area contributed by atoms with Gasteiger partial charge in [-0.25, -0.2) is 0 Å². The van der Waals surface area contributed by atoms with E-state index in [1.807, 2.05) is 0 Å². The van der Waals surface area contributed by atoms with Gasteiger partial charge in [-0.2, -0.15) is 0 Å². The van der Waals surface area contributed by atoms with Crippen LogP contribution in [0.4, 0.5) is 0 Å². The molecule has 23 heavy (non-hydrogen) atoms. The molecule has 0 aliphatic carbocycles. The van der Waals surface area contributed by atoms with Crippen LogP contribution in [0.5, 0.6) is 0 Å². The molecule has 1 heteroatoms. The molecular weight excluding hydrogens is 386 g/mol. The van der Waals surface area contributed by atoms with Crippen molar-refractivity contribution in [3.63, 3.8) is 0 Å². The van der Waals surface area contributed by atoms with Gasteiger partial charge in [-0.05, 0) is 0 Å². The number of benzene rings is 3. The summed E-state index contributed by atoms with van der Waals surface area (Å²) in [6, 6.07) is 33.2. The molecule has 0 bridgehead atoms. The van der Waals surface area contributed by atoms with Crippen molar-refractivity contribution >= 4 is 29.3 Å².